The van der Waals surface area contributed by atoms with Crippen LogP contribution in [-0.2, 0) is 11.4 Å². The molecule has 0 aliphatic carbocycles. The molecule has 1 fully saturated rings. The number of morpholine rings is 1. The van der Waals surface area contributed by atoms with Crippen LogP contribution in [0.5, 0.6) is 0 Å². The van der Waals surface area contributed by atoms with Crippen LogP contribution in [0.15, 0.2) is 42.5 Å². The summed E-state index contributed by atoms with van der Waals surface area (Å²) < 4.78 is 10.5. The first-order chi connectivity index (χ1) is 15.2. The molecule has 3 aromatic rings. The van der Waals surface area contributed by atoms with Gasteiger partial charge in [0.05, 0.1) is 10.7 Å². The zero-order chi connectivity index (χ0) is 23.0. The lowest BCUT2D eigenvalue weighted by Crippen LogP contribution is -3.14. The van der Waals surface area contributed by atoms with Crippen molar-refractivity contribution in [1.29, 1.82) is 0 Å². The number of rotatable bonds is 5. The molecule has 4 rings (SSSR count). The van der Waals surface area contributed by atoms with Gasteiger partial charge in [0.15, 0.2) is 12.5 Å². The number of para-hydroxylation sites is 1. The van der Waals surface area contributed by atoms with Crippen molar-refractivity contribution >= 4 is 35.4 Å². The molecule has 2 atom stereocenters. The Bertz CT molecular complexity index is 1160. The Morgan fingerprint density at radius 3 is 2.47 bits per heavy atom. The molecule has 2 aromatic carbocycles. The molecule has 170 valence electrons. The summed E-state index contributed by atoms with van der Waals surface area (Å²) in [5, 5.41) is 6.12. The molecule has 0 spiro atoms. The Balaban J connectivity index is 1.87. The summed E-state index contributed by atoms with van der Waals surface area (Å²) in [6.07, 6.45) is 0.411. The number of hydrogen-bond acceptors (Lipinski definition) is 3. The Morgan fingerprint density at radius 1 is 1.12 bits per heavy atom. The first-order valence-corrected chi connectivity index (χ1v) is 12.1. The van der Waals surface area contributed by atoms with E-state index in [4.69, 9.17) is 45.3 Å². The number of nitrogens with one attached hydrogen (secondary N) is 1. The van der Waals surface area contributed by atoms with Crippen LogP contribution in [0.3, 0.4) is 0 Å². The molecule has 32 heavy (non-hydrogen) atoms. The number of halogens is 2. The zero-order valence-corrected chi connectivity index (χ0v) is 21.1. The van der Waals surface area contributed by atoms with Gasteiger partial charge in [-0.15, -0.1) is 5.10 Å². The van der Waals surface area contributed by atoms with E-state index >= 15 is 0 Å². The van der Waals surface area contributed by atoms with Crippen LogP contribution < -0.4 is 4.90 Å². The van der Waals surface area contributed by atoms with Crippen molar-refractivity contribution in [1.82, 2.24) is 14.3 Å². The summed E-state index contributed by atoms with van der Waals surface area (Å²) in [5.41, 5.74) is 3.03. The SMILES string of the molecule is CC(C)c1ccccc1-n1c(-c2ccc(Cl)cc2Cl)nn(C[NH+]2C[C@H](C)O[C@@H](C)C2)c1=S. The molecular formula is C24H29Cl2N4OS+. The Morgan fingerprint density at radius 2 is 1.81 bits per heavy atom. The van der Waals surface area contributed by atoms with Crippen molar-refractivity contribution in [3.05, 3.63) is 62.8 Å². The van der Waals surface area contributed by atoms with E-state index in [-0.39, 0.29) is 12.2 Å². The van der Waals surface area contributed by atoms with E-state index in [2.05, 4.69) is 45.9 Å². The first-order valence-electron chi connectivity index (χ1n) is 11.0. The van der Waals surface area contributed by atoms with Gasteiger partial charge in [0, 0.05) is 10.6 Å². The summed E-state index contributed by atoms with van der Waals surface area (Å²) >= 11 is 18.8. The fourth-order valence-corrected chi connectivity index (χ4v) is 5.27. The van der Waals surface area contributed by atoms with Crippen LogP contribution in [0, 0.1) is 4.77 Å². The standard InChI is InChI=1S/C24H28Cl2N4OS/c1-15(2)19-7-5-6-8-22(19)30-23(20-10-9-18(25)11-21(20)26)27-29(24(30)32)14-28-12-16(3)31-17(4)13-28/h5-11,15-17H,12-14H2,1-4H3/p+1/t16-,17-/m0/s1. The number of nitrogens with zero attached hydrogens (tertiary/aromatic N) is 3. The van der Waals surface area contributed by atoms with Gasteiger partial charge in [0.1, 0.15) is 25.3 Å². The lowest BCUT2D eigenvalue weighted by molar-refractivity contribution is -0.937. The number of hydrogen-bond donors (Lipinski definition) is 1. The average Bonchev–Trinajstić information content (AvgIpc) is 3.02. The number of aromatic nitrogens is 3. The van der Waals surface area contributed by atoms with Gasteiger partial charge in [0.2, 0.25) is 4.77 Å². The monoisotopic (exact) mass is 491 g/mol. The van der Waals surface area contributed by atoms with Gasteiger partial charge in [-0.3, -0.25) is 4.57 Å². The topological polar surface area (TPSA) is 36.4 Å². The minimum Gasteiger partial charge on any atom is -0.364 e. The summed E-state index contributed by atoms with van der Waals surface area (Å²) in [7, 11) is 0. The molecule has 5 nitrogen and oxygen atoms in total. The van der Waals surface area contributed by atoms with E-state index in [1.807, 2.05) is 27.4 Å². The second kappa shape index (κ2) is 9.65. The largest absolute Gasteiger partial charge is 0.364 e. The van der Waals surface area contributed by atoms with Crippen LogP contribution in [-0.4, -0.2) is 39.6 Å². The zero-order valence-electron chi connectivity index (χ0n) is 18.8. The maximum atomic E-state index is 6.61. The molecule has 0 radical (unpaired) electrons. The molecule has 0 bridgehead atoms. The highest BCUT2D eigenvalue weighted by Gasteiger charge is 2.27. The molecule has 8 heteroatoms. The fourth-order valence-electron chi connectivity index (χ4n) is 4.48. The van der Waals surface area contributed by atoms with E-state index in [9.17, 15) is 0 Å². The average molecular weight is 492 g/mol. The third-order valence-corrected chi connectivity index (χ3v) is 6.74. The van der Waals surface area contributed by atoms with E-state index in [0.29, 0.717) is 27.4 Å². The third kappa shape index (κ3) is 4.80. The lowest BCUT2D eigenvalue weighted by Gasteiger charge is -2.32. The molecule has 1 aliphatic rings. The van der Waals surface area contributed by atoms with Crippen molar-refractivity contribution < 1.29 is 9.64 Å². The van der Waals surface area contributed by atoms with E-state index in [0.717, 1.165) is 30.2 Å². The van der Waals surface area contributed by atoms with Crippen molar-refractivity contribution in [3.63, 3.8) is 0 Å². The maximum absolute atomic E-state index is 6.61. The first kappa shape index (κ1) is 23.5. The van der Waals surface area contributed by atoms with E-state index in [1.54, 1.807) is 6.07 Å². The summed E-state index contributed by atoms with van der Waals surface area (Å²) in [5.74, 6) is 1.05. The fraction of sp³-hybridized carbons (Fsp3) is 0.417. The van der Waals surface area contributed by atoms with Gasteiger partial charge in [0.25, 0.3) is 0 Å². The normalized spacial score (nSPS) is 21.3. The molecule has 0 unspecified atom stereocenters. The third-order valence-electron chi connectivity index (χ3n) is 5.80. The van der Waals surface area contributed by atoms with Crippen molar-refractivity contribution in [2.45, 2.75) is 52.5 Å². The van der Waals surface area contributed by atoms with Gasteiger partial charge < -0.3 is 9.64 Å². The Hall–Kier alpha value is -1.70. The summed E-state index contributed by atoms with van der Waals surface area (Å²) in [6.45, 7) is 11.1. The van der Waals surface area contributed by atoms with Crippen molar-refractivity contribution in [2.24, 2.45) is 0 Å². The second-order valence-corrected chi connectivity index (χ2v) is 10.1. The smallest absolute Gasteiger partial charge is 0.207 e. The number of ether oxygens (including phenoxy) is 1. The van der Waals surface area contributed by atoms with Crippen LogP contribution in [0.1, 0.15) is 39.2 Å². The van der Waals surface area contributed by atoms with Crippen LogP contribution in [0.25, 0.3) is 17.1 Å². The van der Waals surface area contributed by atoms with Crippen LogP contribution in [0.2, 0.25) is 10.0 Å². The highest BCUT2D eigenvalue weighted by Crippen LogP contribution is 2.33. The van der Waals surface area contributed by atoms with Gasteiger partial charge in [-0.05, 0) is 61.8 Å². The van der Waals surface area contributed by atoms with Gasteiger partial charge >= 0.3 is 0 Å². The minimum absolute atomic E-state index is 0.205. The quantitative estimate of drug-likeness (QED) is 0.501. The van der Waals surface area contributed by atoms with E-state index < -0.39 is 0 Å². The van der Waals surface area contributed by atoms with Crippen LogP contribution in [0.4, 0.5) is 0 Å². The molecule has 1 aliphatic heterocycles. The summed E-state index contributed by atoms with van der Waals surface area (Å²) in [6, 6.07) is 13.8. The molecular weight excluding hydrogens is 463 g/mol. The molecule has 2 heterocycles. The molecule has 0 saturated carbocycles. The van der Waals surface area contributed by atoms with E-state index in [1.165, 1.54) is 10.5 Å². The molecule has 1 saturated heterocycles. The van der Waals surface area contributed by atoms with Gasteiger partial charge in [-0.25, -0.2) is 0 Å². The lowest BCUT2D eigenvalue weighted by atomic mass is 10.0. The molecule has 1 aromatic heterocycles. The summed E-state index contributed by atoms with van der Waals surface area (Å²) in [4.78, 5) is 1.39. The van der Waals surface area contributed by atoms with Crippen molar-refractivity contribution in [3.8, 4) is 17.1 Å². The highest BCUT2D eigenvalue weighted by molar-refractivity contribution is 7.71. The predicted molar refractivity (Wildman–Crippen MR) is 133 cm³/mol. The molecule has 1 N–H and O–H groups in total. The Kier molecular flexibility index (Phi) is 7.08. The highest BCUT2D eigenvalue weighted by atomic mass is 35.5. The predicted octanol–water partition coefficient (Wildman–Crippen LogP) is 5.15. The molecule has 0 amide bonds. The number of quaternary nitrogens is 1. The van der Waals surface area contributed by atoms with Crippen LogP contribution >= 0.6 is 35.4 Å². The van der Waals surface area contributed by atoms with Gasteiger partial charge in [-0.2, -0.15) is 4.68 Å². The maximum Gasteiger partial charge on any atom is 0.207 e. The second-order valence-electron chi connectivity index (χ2n) is 8.85. The minimum atomic E-state index is 0.205. The van der Waals surface area contributed by atoms with Gasteiger partial charge in [-0.1, -0.05) is 55.2 Å². The Labute approximate surface area is 204 Å². The van der Waals surface area contributed by atoms with Crippen molar-refractivity contribution in [2.75, 3.05) is 13.1 Å². The number of benzene rings is 2.